The summed E-state index contributed by atoms with van der Waals surface area (Å²) in [6.45, 7) is 3.37. The Morgan fingerprint density at radius 3 is 2.43 bits per heavy atom. The van der Waals surface area contributed by atoms with E-state index in [4.69, 9.17) is 9.84 Å². The average Bonchev–Trinajstić information content (AvgIpc) is 2.62. The molecule has 1 rings (SSSR count). The van der Waals surface area contributed by atoms with E-state index in [0.29, 0.717) is 12.0 Å². The molecule has 8 heteroatoms. The molecule has 0 saturated heterocycles. The quantitative estimate of drug-likeness (QED) is 0.427. The van der Waals surface area contributed by atoms with Crippen molar-refractivity contribution < 1.29 is 32.9 Å². The van der Waals surface area contributed by atoms with E-state index in [9.17, 15) is 23.1 Å². The molecule has 3 N–H and O–H groups in total. The van der Waals surface area contributed by atoms with Gasteiger partial charge in [0.05, 0.1) is 24.3 Å². The summed E-state index contributed by atoms with van der Waals surface area (Å²) in [4.78, 5) is 10.8. The van der Waals surface area contributed by atoms with E-state index >= 15 is 0 Å². The zero-order valence-electron chi connectivity index (χ0n) is 16.4. The third kappa shape index (κ3) is 8.37. The number of carbonyl (C=O) groups is 1. The highest BCUT2D eigenvalue weighted by Crippen LogP contribution is 2.37. The van der Waals surface area contributed by atoms with Gasteiger partial charge in [0.15, 0.2) is 0 Å². The van der Waals surface area contributed by atoms with Crippen molar-refractivity contribution in [3.63, 3.8) is 0 Å². The number of aliphatic hydroxyl groups is 1. The van der Waals surface area contributed by atoms with Crippen molar-refractivity contribution in [2.45, 2.75) is 70.5 Å². The Morgan fingerprint density at radius 2 is 1.86 bits per heavy atom. The first kappa shape index (κ1) is 24.1. The maximum Gasteiger partial charge on any atom is 0.419 e. The number of alkyl halides is 3. The summed E-state index contributed by atoms with van der Waals surface area (Å²) in [5, 5.41) is 20.4. The van der Waals surface area contributed by atoms with Crippen molar-refractivity contribution in [2.24, 2.45) is 0 Å². The van der Waals surface area contributed by atoms with Gasteiger partial charge in [-0.1, -0.05) is 38.7 Å². The molecule has 0 bridgehead atoms. The zero-order chi connectivity index (χ0) is 21.2. The molecule has 0 aromatic heterocycles. The van der Waals surface area contributed by atoms with E-state index in [1.165, 1.54) is 13.0 Å². The molecule has 28 heavy (non-hydrogen) atoms. The standard InChI is InChI=1S/C20H30F3NO4/c1-3-4-5-6-7-12-28-17-9-8-15(13-16(17)20(21,22)23)10-11-19(2,14-25)24-18(26)27/h8-9,13,24-25H,3-7,10-12,14H2,1-2H3,(H,26,27). The number of aliphatic hydroxyl groups excluding tert-OH is 1. The van der Waals surface area contributed by atoms with E-state index in [1.807, 2.05) is 0 Å². The molecule has 5 nitrogen and oxygen atoms in total. The minimum atomic E-state index is -4.55. The monoisotopic (exact) mass is 405 g/mol. The fourth-order valence-electron chi connectivity index (χ4n) is 2.83. The van der Waals surface area contributed by atoms with Crippen LogP contribution in [0.3, 0.4) is 0 Å². The van der Waals surface area contributed by atoms with Crippen LogP contribution in [-0.4, -0.2) is 35.1 Å². The number of nitrogens with one attached hydrogen (secondary N) is 1. The second-order valence-electron chi connectivity index (χ2n) is 7.24. The fraction of sp³-hybridized carbons (Fsp3) is 0.650. The van der Waals surface area contributed by atoms with Gasteiger partial charge in [0.1, 0.15) is 5.75 Å². The molecule has 0 aliphatic rings. The second-order valence-corrected chi connectivity index (χ2v) is 7.24. The van der Waals surface area contributed by atoms with Crippen LogP contribution in [0, 0.1) is 0 Å². The van der Waals surface area contributed by atoms with E-state index in [-0.39, 0.29) is 25.2 Å². The van der Waals surface area contributed by atoms with Crippen molar-refractivity contribution >= 4 is 6.09 Å². The molecule has 0 radical (unpaired) electrons. The molecule has 0 saturated carbocycles. The minimum absolute atomic E-state index is 0.157. The van der Waals surface area contributed by atoms with Crippen molar-refractivity contribution in [1.29, 1.82) is 0 Å². The number of aryl methyl sites for hydroxylation is 1. The van der Waals surface area contributed by atoms with Gasteiger partial charge in [-0.3, -0.25) is 0 Å². The zero-order valence-corrected chi connectivity index (χ0v) is 16.4. The molecule has 0 heterocycles. The number of unbranched alkanes of at least 4 members (excludes halogenated alkanes) is 4. The van der Waals surface area contributed by atoms with Crippen LogP contribution in [0.4, 0.5) is 18.0 Å². The van der Waals surface area contributed by atoms with Gasteiger partial charge >= 0.3 is 12.3 Å². The molecule has 0 spiro atoms. The molecule has 1 amide bonds. The third-order valence-corrected chi connectivity index (χ3v) is 4.58. The average molecular weight is 405 g/mol. The van der Waals surface area contributed by atoms with Crippen molar-refractivity contribution in [2.75, 3.05) is 13.2 Å². The van der Waals surface area contributed by atoms with Crippen LogP contribution in [0.1, 0.15) is 63.5 Å². The normalized spacial score (nSPS) is 13.8. The molecule has 1 aromatic carbocycles. The predicted octanol–water partition coefficient (Wildman–Crippen LogP) is 5.01. The van der Waals surface area contributed by atoms with E-state index in [1.54, 1.807) is 6.07 Å². The maximum absolute atomic E-state index is 13.4. The predicted molar refractivity (Wildman–Crippen MR) is 101 cm³/mol. The van der Waals surface area contributed by atoms with Gasteiger partial charge in [-0.2, -0.15) is 13.2 Å². The Hall–Kier alpha value is -1.96. The summed E-state index contributed by atoms with van der Waals surface area (Å²) in [7, 11) is 0. The van der Waals surface area contributed by atoms with Crippen molar-refractivity contribution in [1.82, 2.24) is 5.32 Å². The first-order valence-electron chi connectivity index (χ1n) is 9.56. The number of benzene rings is 1. The van der Waals surface area contributed by atoms with Crippen molar-refractivity contribution in [3.8, 4) is 5.75 Å². The van der Waals surface area contributed by atoms with Gasteiger partial charge in [0.25, 0.3) is 0 Å². The topological polar surface area (TPSA) is 78.8 Å². The van der Waals surface area contributed by atoms with Crippen LogP contribution in [0.25, 0.3) is 0 Å². The molecule has 1 unspecified atom stereocenters. The van der Waals surface area contributed by atoms with Crippen LogP contribution in [0.15, 0.2) is 18.2 Å². The molecule has 1 aromatic rings. The number of carboxylic acid groups (broad SMARTS) is 1. The van der Waals surface area contributed by atoms with Gasteiger partial charge in [-0.05, 0) is 43.9 Å². The third-order valence-electron chi connectivity index (χ3n) is 4.58. The summed E-state index contributed by atoms with van der Waals surface area (Å²) in [5.41, 5.74) is -1.57. The SMILES string of the molecule is CCCCCCCOc1ccc(CCC(C)(CO)NC(=O)O)cc1C(F)(F)F. The van der Waals surface area contributed by atoms with Crippen molar-refractivity contribution in [3.05, 3.63) is 29.3 Å². The van der Waals surface area contributed by atoms with Gasteiger partial charge in [0.2, 0.25) is 0 Å². The van der Waals surface area contributed by atoms with Gasteiger partial charge in [-0.15, -0.1) is 0 Å². The number of amides is 1. The highest BCUT2D eigenvalue weighted by atomic mass is 19.4. The number of hydrogen-bond acceptors (Lipinski definition) is 3. The number of hydrogen-bond donors (Lipinski definition) is 3. The summed E-state index contributed by atoms with van der Waals surface area (Å²) < 4.78 is 45.6. The Morgan fingerprint density at radius 1 is 1.18 bits per heavy atom. The van der Waals surface area contributed by atoms with Gasteiger partial charge in [-0.25, -0.2) is 4.79 Å². The Balaban J connectivity index is 2.78. The molecule has 0 aliphatic carbocycles. The summed E-state index contributed by atoms with van der Waals surface area (Å²) in [6.07, 6.45) is -0.647. The lowest BCUT2D eigenvalue weighted by Gasteiger charge is -2.27. The van der Waals surface area contributed by atoms with Gasteiger partial charge in [0, 0.05) is 0 Å². The first-order chi connectivity index (χ1) is 13.1. The summed E-state index contributed by atoms with van der Waals surface area (Å²) in [5.74, 6) is -0.194. The largest absolute Gasteiger partial charge is 0.493 e. The fourth-order valence-corrected chi connectivity index (χ4v) is 2.83. The Kier molecular flexibility index (Phi) is 9.58. The molecule has 0 aliphatic heterocycles. The molecular formula is C20H30F3NO4. The van der Waals surface area contributed by atoms with E-state index < -0.39 is 30.0 Å². The van der Waals surface area contributed by atoms with Crippen LogP contribution in [0.5, 0.6) is 5.75 Å². The number of halogens is 3. The van der Waals surface area contributed by atoms with Crippen LogP contribution >= 0.6 is 0 Å². The number of ether oxygens (including phenoxy) is 1. The summed E-state index contributed by atoms with van der Waals surface area (Å²) in [6, 6.07) is 3.89. The lowest BCUT2D eigenvalue weighted by molar-refractivity contribution is -0.139. The molecular weight excluding hydrogens is 375 g/mol. The maximum atomic E-state index is 13.4. The lowest BCUT2D eigenvalue weighted by Crippen LogP contribution is -2.48. The molecule has 160 valence electrons. The molecule has 0 fully saturated rings. The highest BCUT2D eigenvalue weighted by molar-refractivity contribution is 5.65. The Labute approximate surface area is 163 Å². The Bertz CT molecular complexity index is 622. The van der Waals surface area contributed by atoms with Gasteiger partial charge < -0.3 is 20.3 Å². The van der Waals surface area contributed by atoms with Crippen LogP contribution < -0.4 is 10.1 Å². The lowest BCUT2D eigenvalue weighted by atomic mass is 9.93. The van der Waals surface area contributed by atoms with E-state index in [2.05, 4.69) is 12.2 Å². The highest BCUT2D eigenvalue weighted by Gasteiger charge is 2.35. The summed E-state index contributed by atoms with van der Waals surface area (Å²) >= 11 is 0. The first-order valence-corrected chi connectivity index (χ1v) is 9.56. The molecule has 1 atom stereocenters. The van der Waals surface area contributed by atoms with Crippen LogP contribution in [0.2, 0.25) is 0 Å². The minimum Gasteiger partial charge on any atom is -0.493 e. The number of rotatable bonds is 12. The van der Waals surface area contributed by atoms with Crippen LogP contribution in [-0.2, 0) is 12.6 Å². The smallest absolute Gasteiger partial charge is 0.419 e. The second kappa shape index (κ2) is 11.1. The van der Waals surface area contributed by atoms with E-state index in [0.717, 1.165) is 31.7 Å².